The molecule has 3 aromatic rings. The average Bonchev–Trinajstić information content (AvgIpc) is 3.15. The highest BCUT2D eigenvalue weighted by atomic mass is 35.5. The van der Waals surface area contributed by atoms with E-state index in [0.717, 1.165) is 36.4 Å². The number of hydrogen-bond acceptors (Lipinski definition) is 5. The summed E-state index contributed by atoms with van der Waals surface area (Å²) in [5.41, 5.74) is 1.55. The summed E-state index contributed by atoms with van der Waals surface area (Å²) < 4.78 is 11.0. The number of nitrogens with zero attached hydrogens (tertiary/aromatic N) is 2. The molecule has 2 aromatic carbocycles. The van der Waals surface area contributed by atoms with Gasteiger partial charge in [-0.1, -0.05) is 11.6 Å². The van der Waals surface area contributed by atoms with Gasteiger partial charge in [0.2, 0.25) is 0 Å². The summed E-state index contributed by atoms with van der Waals surface area (Å²) in [5, 5.41) is 1.11. The lowest BCUT2D eigenvalue weighted by molar-refractivity contribution is 0.236. The van der Waals surface area contributed by atoms with E-state index in [1.165, 1.54) is 0 Å². The van der Waals surface area contributed by atoms with Crippen molar-refractivity contribution in [3.63, 3.8) is 0 Å². The van der Waals surface area contributed by atoms with Crippen LogP contribution in [0.4, 0.5) is 0 Å². The third-order valence-corrected chi connectivity index (χ3v) is 5.47. The monoisotopic (exact) mass is 399 g/mol. The van der Waals surface area contributed by atoms with Gasteiger partial charge in [0, 0.05) is 16.6 Å². The summed E-state index contributed by atoms with van der Waals surface area (Å²) >= 11 is 6.07. The van der Waals surface area contributed by atoms with Crippen molar-refractivity contribution in [1.29, 1.82) is 0 Å². The number of rotatable bonds is 5. The summed E-state index contributed by atoms with van der Waals surface area (Å²) in [6.07, 6.45) is 2.07. The summed E-state index contributed by atoms with van der Waals surface area (Å²) in [5.74, 6) is 2.27. The summed E-state index contributed by atoms with van der Waals surface area (Å²) in [7, 11) is 3.34. The molecule has 1 aliphatic heterocycles. The number of nitrogens with one attached hydrogen (secondary N) is 1. The van der Waals surface area contributed by atoms with Gasteiger partial charge >= 0.3 is 0 Å². The number of ether oxygens (including phenoxy) is 2. The highest BCUT2D eigenvalue weighted by molar-refractivity contribution is 6.31. The molecule has 1 fully saturated rings. The smallest absolute Gasteiger partial charge is 0.258 e. The normalized spacial score (nSPS) is 17.2. The SMILES string of the molecule is COc1ccc(OC)c(C2CCCN2Cc2nc3cc(Cl)ccc3c(=O)[nH]2)c1. The van der Waals surface area contributed by atoms with E-state index in [9.17, 15) is 4.79 Å². The zero-order valence-electron chi connectivity index (χ0n) is 15.9. The minimum absolute atomic E-state index is 0.147. The predicted molar refractivity (Wildman–Crippen MR) is 109 cm³/mol. The Morgan fingerprint density at radius 2 is 2.07 bits per heavy atom. The van der Waals surface area contributed by atoms with E-state index in [1.54, 1.807) is 32.4 Å². The van der Waals surface area contributed by atoms with Crippen molar-refractivity contribution in [2.45, 2.75) is 25.4 Å². The van der Waals surface area contributed by atoms with Gasteiger partial charge in [-0.25, -0.2) is 4.98 Å². The minimum Gasteiger partial charge on any atom is -0.497 e. The van der Waals surface area contributed by atoms with E-state index < -0.39 is 0 Å². The number of fused-ring (bicyclic) bond motifs is 1. The molecule has 7 heteroatoms. The highest BCUT2D eigenvalue weighted by Gasteiger charge is 2.29. The maximum atomic E-state index is 12.4. The van der Waals surface area contributed by atoms with Crippen molar-refractivity contribution in [3.8, 4) is 11.5 Å². The van der Waals surface area contributed by atoms with Crippen LogP contribution < -0.4 is 15.0 Å². The van der Waals surface area contributed by atoms with Crippen molar-refractivity contribution in [2.24, 2.45) is 0 Å². The predicted octanol–water partition coefficient (Wildman–Crippen LogP) is 3.93. The van der Waals surface area contributed by atoms with Crippen LogP contribution in [0.3, 0.4) is 0 Å². The van der Waals surface area contributed by atoms with Crippen LogP contribution in [0.5, 0.6) is 11.5 Å². The van der Waals surface area contributed by atoms with Gasteiger partial charge < -0.3 is 14.5 Å². The fourth-order valence-electron chi connectivity index (χ4n) is 3.90. The number of methoxy groups -OCH3 is 2. The number of H-pyrrole nitrogens is 1. The molecule has 2 heterocycles. The molecule has 1 saturated heterocycles. The molecule has 1 atom stereocenters. The standard InChI is InChI=1S/C21H22ClN3O3/c1-27-14-6-8-19(28-2)16(11-14)18-4-3-9-25(18)12-20-23-17-10-13(22)5-7-15(17)21(26)24-20/h5-8,10-11,18H,3-4,9,12H2,1-2H3,(H,23,24,26). The molecule has 1 unspecified atom stereocenters. The highest BCUT2D eigenvalue weighted by Crippen LogP contribution is 2.39. The molecule has 1 aliphatic rings. The largest absolute Gasteiger partial charge is 0.497 e. The van der Waals surface area contributed by atoms with Crippen molar-refractivity contribution < 1.29 is 9.47 Å². The lowest BCUT2D eigenvalue weighted by atomic mass is 10.0. The molecule has 28 heavy (non-hydrogen) atoms. The van der Waals surface area contributed by atoms with E-state index in [-0.39, 0.29) is 11.6 Å². The fraction of sp³-hybridized carbons (Fsp3) is 0.333. The van der Waals surface area contributed by atoms with Gasteiger partial charge in [0.1, 0.15) is 17.3 Å². The molecule has 6 nitrogen and oxygen atoms in total. The minimum atomic E-state index is -0.147. The first-order valence-electron chi connectivity index (χ1n) is 9.23. The third kappa shape index (κ3) is 3.57. The van der Waals surface area contributed by atoms with Gasteiger partial charge in [-0.3, -0.25) is 9.69 Å². The first-order valence-corrected chi connectivity index (χ1v) is 9.61. The number of aromatic nitrogens is 2. The molecular weight excluding hydrogens is 378 g/mol. The van der Waals surface area contributed by atoms with Gasteiger partial charge in [-0.15, -0.1) is 0 Å². The Balaban J connectivity index is 1.67. The van der Waals surface area contributed by atoms with Gasteiger partial charge in [0.25, 0.3) is 5.56 Å². The molecule has 0 radical (unpaired) electrons. The number of halogens is 1. The first-order chi connectivity index (χ1) is 13.6. The van der Waals surface area contributed by atoms with Crippen molar-refractivity contribution >= 4 is 22.5 Å². The number of hydrogen-bond donors (Lipinski definition) is 1. The topological polar surface area (TPSA) is 67.5 Å². The van der Waals surface area contributed by atoms with Crippen LogP contribution in [0.2, 0.25) is 5.02 Å². The summed E-state index contributed by atoms with van der Waals surface area (Å²) in [6, 6.07) is 11.2. The second kappa shape index (κ2) is 7.81. The molecule has 0 bridgehead atoms. The van der Waals surface area contributed by atoms with Gasteiger partial charge in [-0.2, -0.15) is 0 Å². The van der Waals surface area contributed by atoms with Gasteiger partial charge in [0.05, 0.1) is 31.7 Å². The fourth-order valence-corrected chi connectivity index (χ4v) is 4.06. The zero-order chi connectivity index (χ0) is 19.7. The maximum absolute atomic E-state index is 12.4. The number of benzene rings is 2. The van der Waals surface area contributed by atoms with Crippen LogP contribution >= 0.6 is 11.6 Å². The second-order valence-corrected chi connectivity index (χ2v) is 7.35. The zero-order valence-corrected chi connectivity index (χ0v) is 16.6. The van der Waals surface area contributed by atoms with E-state index in [0.29, 0.717) is 28.3 Å². The van der Waals surface area contributed by atoms with Gasteiger partial charge in [0.15, 0.2) is 0 Å². The second-order valence-electron chi connectivity index (χ2n) is 6.91. The van der Waals surface area contributed by atoms with Crippen molar-refractivity contribution in [2.75, 3.05) is 20.8 Å². The molecule has 1 aromatic heterocycles. The van der Waals surface area contributed by atoms with Crippen LogP contribution in [0.15, 0.2) is 41.2 Å². The van der Waals surface area contributed by atoms with Crippen molar-refractivity contribution in [3.05, 3.63) is 63.2 Å². The Hall–Kier alpha value is -2.57. The molecule has 146 valence electrons. The molecule has 0 spiro atoms. The quantitative estimate of drug-likeness (QED) is 0.704. The Kier molecular flexibility index (Phi) is 5.24. The Morgan fingerprint density at radius 1 is 1.21 bits per heavy atom. The van der Waals surface area contributed by atoms with Crippen molar-refractivity contribution in [1.82, 2.24) is 14.9 Å². The molecule has 0 aliphatic carbocycles. The molecule has 4 rings (SSSR count). The Morgan fingerprint density at radius 3 is 2.86 bits per heavy atom. The van der Waals surface area contributed by atoms with Crippen LogP contribution in [0.25, 0.3) is 10.9 Å². The van der Waals surface area contributed by atoms with Crippen LogP contribution in [0.1, 0.15) is 30.3 Å². The third-order valence-electron chi connectivity index (χ3n) is 5.23. The number of likely N-dealkylation sites (tertiary alicyclic amines) is 1. The molecule has 0 saturated carbocycles. The van der Waals surface area contributed by atoms with E-state index in [1.807, 2.05) is 18.2 Å². The van der Waals surface area contributed by atoms with E-state index >= 15 is 0 Å². The lowest BCUT2D eigenvalue weighted by Crippen LogP contribution is -2.26. The lowest BCUT2D eigenvalue weighted by Gasteiger charge is -2.26. The molecule has 0 amide bonds. The average molecular weight is 400 g/mol. The Bertz CT molecular complexity index is 1070. The first kappa shape index (κ1) is 18.8. The molecule has 1 N–H and O–H groups in total. The Labute approximate surface area is 168 Å². The number of aromatic amines is 1. The maximum Gasteiger partial charge on any atom is 0.258 e. The van der Waals surface area contributed by atoms with Crippen LogP contribution in [-0.2, 0) is 6.54 Å². The molecular formula is C21H22ClN3O3. The van der Waals surface area contributed by atoms with Gasteiger partial charge in [-0.05, 0) is 55.8 Å². The van der Waals surface area contributed by atoms with Crippen LogP contribution in [-0.4, -0.2) is 35.6 Å². The van der Waals surface area contributed by atoms with E-state index in [4.69, 9.17) is 21.1 Å². The summed E-state index contributed by atoms with van der Waals surface area (Å²) in [6.45, 7) is 1.46. The van der Waals surface area contributed by atoms with E-state index in [2.05, 4.69) is 14.9 Å². The summed E-state index contributed by atoms with van der Waals surface area (Å²) in [4.78, 5) is 22.3. The van der Waals surface area contributed by atoms with Crippen LogP contribution in [0, 0.1) is 0 Å².